The second-order valence-corrected chi connectivity index (χ2v) is 7.50. The van der Waals surface area contributed by atoms with E-state index in [1.54, 1.807) is 11.8 Å². The number of ether oxygens (including phenoxy) is 2. The summed E-state index contributed by atoms with van der Waals surface area (Å²) < 4.78 is 12.9. The van der Waals surface area contributed by atoms with Gasteiger partial charge in [0.2, 0.25) is 5.91 Å². The van der Waals surface area contributed by atoms with E-state index in [2.05, 4.69) is 15.6 Å². The summed E-state index contributed by atoms with van der Waals surface area (Å²) in [4.78, 5) is 13.3. The first-order valence-corrected chi connectivity index (χ1v) is 10.2. The molecule has 7 heteroatoms. The Balaban J connectivity index is 1.57. The number of rotatable bonds is 4. The molecule has 1 aliphatic heterocycles. The zero-order valence-corrected chi connectivity index (χ0v) is 17.0. The van der Waals surface area contributed by atoms with Gasteiger partial charge in [-0.05, 0) is 36.1 Å². The maximum Gasteiger partial charge on any atom is 0.224 e. The third-order valence-corrected chi connectivity index (χ3v) is 5.36. The molecule has 1 N–H and O–H groups in total. The van der Waals surface area contributed by atoms with Crippen LogP contribution in [0.3, 0.4) is 0 Å². The van der Waals surface area contributed by atoms with Gasteiger partial charge in [-0.3, -0.25) is 9.48 Å². The fourth-order valence-corrected chi connectivity index (χ4v) is 3.65. The van der Waals surface area contributed by atoms with Crippen LogP contribution in [-0.2, 0) is 29.1 Å². The number of benzene rings is 2. The molecule has 156 valence electrons. The van der Waals surface area contributed by atoms with Gasteiger partial charge in [0.25, 0.3) is 0 Å². The van der Waals surface area contributed by atoms with Crippen LogP contribution in [0.1, 0.15) is 29.3 Å². The third kappa shape index (κ3) is 5.04. The SMILES string of the molecule is COc1ccc(C[C@@H]2CCn3cc(nn3)COC[C@@H](c3ccccc3)NC2=O)cc1. The maximum absolute atomic E-state index is 13.3. The molecule has 1 aromatic heterocycles. The van der Waals surface area contributed by atoms with Crippen molar-refractivity contribution in [3.8, 4) is 5.75 Å². The van der Waals surface area contributed by atoms with Gasteiger partial charge in [-0.25, -0.2) is 0 Å². The van der Waals surface area contributed by atoms with Crippen molar-refractivity contribution in [1.29, 1.82) is 0 Å². The molecule has 0 fully saturated rings. The molecule has 0 spiro atoms. The summed E-state index contributed by atoms with van der Waals surface area (Å²) in [7, 11) is 1.65. The summed E-state index contributed by atoms with van der Waals surface area (Å²) in [5, 5.41) is 11.5. The standard InChI is InChI=1S/C23H26N4O3/c1-29-21-9-7-17(8-10-21)13-19-11-12-27-14-20(25-26-27)15-30-16-22(24-23(19)28)18-5-3-2-4-6-18/h2-10,14,19,22H,11-13,15-16H2,1H3,(H,24,28)/t19-,22-/m0/s1. The second-order valence-electron chi connectivity index (χ2n) is 7.50. The average molecular weight is 406 g/mol. The van der Waals surface area contributed by atoms with E-state index in [4.69, 9.17) is 9.47 Å². The molecule has 1 aliphatic rings. The number of hydrogen-bond acceptors (Lipinski definition) is 5. The molecule has 0 saturated carbocycles. The Kier molecular flexibility index (Phi) is 6.39. The number of amides is 1. The Morgan fingerprint density at radius 2 is 1.97 bits per heavy atom. The third-order valence-electron chi connectivity index (χ3n) is 5.36. The van der Waals surface area contributed by atoms with E-state index in [1.165, 1.54) is 0 Å². The second kappa shape index (κ2) is 9.54. The minimum absolute atomic E-state index is 0.0178. The molecule has 0 saturated heterocycles. The van der Waals surface area contributed by atoms with Gasteiger partial charge >= 0.3 is 0 Å². The zero-order valence-electron chi connectivity index (χ0n) is 17.0. The molecule has 0 aliphatic carbocycles. The van der Waals surface area contributed by atoms with E-state index < -0.39 is 0 Å². The predicted molar refractivity (Wildman–Crippen MR) is 112 cm³/mol. The summed E-state index contributed by atoms with van der Waals surface area (Å²) in [6, 6.07) is 17.6. The topological polar surface area (TPSA) is 78.3 Å². The fraction of sp³-hybridized carbons (Fsp3) is 0.348. The van der Waals surface area contributed by atoms with Crippen LogP contribution in [0.5, 0.6) is 5.75 Å². The highest BCUT2D eigenvalue weighted by Gasteiger charge is 2.24. The number of hydrogen-bond donors (Lipinski definition) is 1. The van der Waals surface area contributed by atoms with Gasteiger partial charge in [0.1, 0.15) is 11.4 Å². The fourth-order valence-electron chi connectivity index (χ4n) is 3.65. The number of carbonyl (C=O) groups excluding carboxylic acids is 1. The van der Waals surface area contributed by atoms with Gasteiger partial charge in [-0.1, -0.05) is 47.7 Å². The Morgan fingerprint density at radius 3 is 2.73 bits per heavy atom. The molecule has 1 amide bonds. The quantitative estimate of drug-likeness (QED) is 0.721. The van der Waals surface area contributed by atoms with Crippen molar-refractivity contribution < 1.29 is 14.3 Å². The molecule has 2 bridgehead atoms. The number of nitrogens with one attached hydrogen (secondary N) is 1. The van der Waals surface area contributed by atoms with Crippen molar-refractivity contribution in [3.63, 3.8) is 0 Å². The average Bonchev–Trinajstić information content (AvgIpc) is 3.24. The van der Waals surface area contributed by atoms with Gasteiger partial charge in [0.15, 0.2) is 0 Å². The lowest BCUT2D eigenvalue weighted by molar-refractivity contribution is -0.126. The minimum Gasteiger partial charge on any atom is -0.497 e. The molecule has 4 rings (SSSR count). The molecule has 2 heterocycles. The van der Waals surface area contributed by atoms with Gasteiger partial charge in [-0.15, -0.1) is 5.10 Å². The van der Waals surface area contributed by atoms with Crippen LogP contribution < -0.4 is 10.1 Å². The van der Waals surface area contributed by atoms with Crippen LogP contribution >= 0.6 is 0 Å². The van der Waals surface area contributed by atoms with Gasteiger partial charge in [0.05, 0.1) is 32.6 Å². The molecule has 7 nitrogen and oxygen atoms in total. The van der Waals surface area contributed by atoms with E-state index in [0.717, 1.165) is 22.6 Å². The Bertz CT molecular complexity index is 956. The van der Waals surface area contributed by atoms with Crippen LogP contribution in [0.2, 0.25) is 0 Å². The molecular formula is C23H26N4O3. The van der Waals surface area contributed by atoms with Gasteiger partial charge < -0.3 is 14.8 Å². The molecule has 2 atom stereocenters. The normalized spacial score (nSPS) is 20.0. The maximum atomic E-state index is 13.3. The minimum atomic E-state index is -0.216. The summed E-state index contributed by atoms with van der Waals surface area (Å²) in [6.07, 6.45) is 3.20. The molecule has 0 unspecified atom stereocenters. The first kappa shape index (κ1) is 20.1. The van der Waals surface area contributed by atoms with Crippen LogP contribution in [0.4, 0.5) is 0 Å². The summed E-state index contributed by atoms with van der Waals surface area (Å²) in [6.45, 7) is 1.36. The molecular weight excluding hydrogens is 380 g/mol. The van der Waals surface area contributed by atoms with Crippen molar-refractivity contribution in [3.05, 3.63) is 77.6 Å². The number of nitrogens with zero attached hydrogens (tertiary/aromatic N) is 3. The Morgan fingerprint density at radius 1 is 1.17 bits per heavy atom. The van der Waals surface area contributed by atoms with Gasteiger partial charge in [0, 0.05) is 12.5 Å². The summed E-state index contributed by atoms with van der Waals surface area (Å²) >= 11 is 0. The van der Waals surface area contributed by atoms with Crippen molar-refractivity contribution in [2.24, 2.45) is 5.92 Å². The van der Waals surface area contributed by atoms with Crippen molar-refractivity contribution in [2.75, 3.05) is 13.7 Å². The lowest BCUT2D eigenvalue weighted by Gasteiger charge is -2.24. The molecule has 2 aromatic carbocycles. The van der Waals surface area contributed by atoms with E-state index in [1.807, 2.05) is 60.8 Å². The molecule has 30 heavy (non-hydrogen) atoms. The molecule has 0 radical (unpaired) electrons. The number of fused-ring (bicyclic) bond motifs is 2. The Hall–Kier alpha value is -3.19. The highest BCUT2D eigenvalue weighted by molar-refractivity contribution is 5.79. The summed E-state index contributed by atoms with van der Waals surface area (Å²) in [5.41, 5.74) is 2.91. The van der Waals surface area contributed by atoms with Crippen molar-refractivity contribution in [2.45, 2.75) is 32.0 Å². The lowest BCUT2D eigenvalue weighted by Crippen LogP contribution is -2.37. The van der Waals surface area contributed by atoms with Gasteiger partial charge in [-0.2, -0.15) is 0 Å². The van der Waals surface area contributed by atoms with E-state index in [0.29, 0.717) is 32.6 Å². The van der Waals surface area contributed by atoms with E-state index in [9.17, 15) is 4.79 Å². The first-order chi connectivity index (χ1) is 14.7. The first-order valence-electron chi connectivity index (χ1n) is 10.2. The smallest absolute Gasteiger partial charge is 0.224 e. The highest BCUT2D eigenvalue weighted by Crippen LogP contribution is 2.21. The monoisotopic (exact) mass is 406 g/mol. The predicted octanol–water partition coefficient (Wildman–Crippen LogP) is 2.92. The van der Waals surface area contributed by atoms with Crippen molar-refractivity contribution >= 4 is 5.91 Å². The van der Waals surface area contributed by atoms with Crippen LogP contribution in [0.15, 0.2) is 60.8 Å². The Labute approximate surface area is 176 Å². The van der Waals surface area contributed by atoms with Crippen LogP contribution in [0, 0.1) is 5.92 Å². The lowest BCUT2D eigenvalue weighted by atomic mass is 9.94. The zero-order chi connectivity index (χ0) is 20.8. The number of aryl methyl sites for hydroxylation is 1. The van der Waals surface area contributed by atoms with E-state index >= 15 is 0 Å². The van der Waals surface area contributed by atoms with Crippen LogP contribution in [0.25, 0.3) is 0 Å². The van der Waals surface area contributed by atoms with E-state index in [-0.39, 0.29) is 17.9 Å². The number of carbonyl (C=O) groups is 1. The van der Waals surface area contributed by atoms with Crippen LogP contribution in [-0.4, -0.2) is 34.6 Å². The summed E-state index contributed by atoms with van der Waals surface area (Å²) in [5.74, 6) is 0.624. The highest BCUT2D eigenvalue weighted by atomic mass is 16.5. The molecule has 3 aromatic rings. The number of methoxy groups -OCH3 is 1. The number of aromatic nitrogens is 3. The van der Waals surface area contributed by atoms with Crippen molar-refractivity contribution in [1.82, 2.24) is 20.3 Å². The largest absolute Gasteiger partial charge is 0.497 e.